The van der Waals surface area contributed by atoms with Gasteiger partial charge in [0.15, 0.2) is 0 Å². The molecule has 3 aromatic rings. The van der Waals surface area contributed by atoms with E-state index in [1.807, 2.05) is 0 Å². The van der Waals surface area contributed by atoms with Crippen molar-refractivity contribution in [1.29, 1.82) is 0 Å². The van der Waals surface area contributed by atoms with E-state index in [4.69, 9.17) is 4.74 Å². The molecule has 1 atom stereocenters. The van der Waals surface area contributed by atoms with Crippen LogP contribution in [0.15, 0.2) is 48.7 Å². The van der Waals surface area contributed by atoms with Gasteiger partial charge in [0, 0.05) is 34.8 Å². The molecule has 1 aromatic heterocycles. The van der Waals surface area contributed by atoms with Gasteiger partial charge in [0.1, 0.15) is 11.6 Å². The molecule has 124 valence electrons. The third-order valence-electron chi connectivity index (χ3n) is 3.67. The zero-order valence-electron chi connectivity index (χ0n) is 12.8. The van der Waals surface area contributed by atoms with E-state index in [9.17, 15) is 13.2 Å². The molecule has 1 N–H and O–H groups in total. The summed E-state index contributed by atoms with van der Waals surface area (Å²) in [6, 6.07) is 12.3. The summed E-state index contributed by atoms with van der Waals surface area (Å²) in [5.41, 5.74) is 2.56. The van der Waals surface area contributed by atoms with Crippen LogP contribution in [0.5, 0.6) is 5.75 Å². The Bertz CT molecular complexity index is 900. The second kappa shape index (κ2) is 7.04. The van der Waals surface area contributed by atoms with Gasteiger partial charge in [-0.3, -0.25) is 9.19 Å². The molecule has 3 rings (SSSR count). The number of methoxy groups -OCH3 is 1. The minimum atomic E-state index is -2.31. The zero-order chi connectivity index (χ0) is 17.1. The third kappa shape index (κ3) is 3.43. The number of nitrogens with zero attached hydrogens (tertiary/aromatic N) is 1. The number of pyridine rings is 1. The first-order valence-electron chi connectivity index (χ1n) is 7.13. The number of fused-ring (bicyclic) bond motifs is 1. The number of benzene rings is 2. The number of hydrogen-bond acceptors (Lipinski definition) is 4. The highest BCUT2D eigenvalue weighted by atomic mass is 32.2. The average Bonchev–Trinajstić information content (AvgIpc) is 2.60. The fourth-order valence-electron chi connectivity index (χ4n) is 2.50. The first-order valence-corrected chi connectivity index (χ1v) is 8.20. The monoisotopic (exact) mass is 345 g/mol. The maximum Gasteiger partial charge on any atom is 0.149 e. The predicted molar refractivity (Wildman–Crippen MR) is 89.4 cm³/mol. The van der Waals surface area contributed by atoms with Gasteiger partial charge in [-0.2, -0.15) is 0 Å². The second-order valence-electron chi connectivity index (χ2n) is 5.12. The summed E-state index contributed by atoms with van der Waals surface area (Å²) < 4.78 is 42.9. The van der Waals surface area contributed by atoms with Crippen LogP contribution in [0.1, 0.15) is 5.56 Å². The van der Waals surface area contributed by atoms with Crippen LogP contribution in [0.3, 0.4) is 0 Å². The van der Waals surface area contributed by atoms with Crippen LogP contribution in [-0.4, -0.2) is 20.9 Å². The van der Waals surface area contributed by atoms with Crippen molar-refractivity contribution in [1.82, 2.24) is 9.71 Å². The highest BCUT2D eigenvalue weighted by molar-refractivity contribution is 7.77. The number of hydrogen-bond donors (Lipinski definition) is 1. The van der Waals surface area contributed by atoms with Gasteiger partial charge in [0.2, 0.25) is 0 Å². The Morgan fingerprint density at radius 3 is 2.67 bits per heavy atom. The van der Waals surface area contributed by atoms with E-state index in [1.54, 1.807) is 49.6 Å². The lowest BCUT2D eigenvalue weighted by Crippen LogP contribution is -2.15. The number of nitrogens with one attached hydrogen (secondary N) is 1. The van der Waals surface area contributed by atoms with Gasteiger partial charge >= 0.3 is 0 Å². The lowest BCUT2D eigenvalue weighted by atomic mass is 9.99. The molecule has 0 spiro atoms. The molecule has 0 radical (unpaired) electrons. The van der Waals surface area contributed by atoms with Gasteiger partial charge in [0.05, 0.1) is 18.8 Å². The summed E-state index contributed by atoms with van der Waals surface area (Å²) in [4.78, 5) is 4.11. The molecule has 24 heavy (non-hydrogen) atoms. The Kier molecular flexibility index (Phi) is 4.84. The molecule has 0 saturated carbocycles. The molecular weight excluding hydrogens is 331 g/mol. The maximum absolute atomic E-state index is 14.4. The Morgan fingerprint density at radius 2 is 2.00 bits per heavy atom. The molecule has 0 aliphatic carbocycles. The van der Waals surface area contributed by atoms with Crippen LogP contribution in [0.4, 0.5) is 4.39 Å². The predicted octanol–water partition coefficient (Wildman–Crippen LogP) is 2.93. The van der Waals surface area contributed by atoms with Gasteiger partial charge in [-0.05, 0) is 23.3 Å². The third-order valence-corrected chi connectivity index (χ3v) is 4.05. The van der Waals surface area contributed by atoms with Crippen molar-refractivity contribution in [2.24, 2.45) is 0 Å². The first kappa shape index (κ1) is 16.5. The highest BCUT2D eigenvalue weighted by Gasteiger charge is 2.12. The van der Waals surface area contributed by atoms with Gasteiger partial charge in [-0.15, -0.1) is 0 Å². The summed E-state index contributed by atoms with van der Waals surface area (Å²) in [6.07, 6.45) is 1.19. The number of ether oxygens (including phenoxy) is 1. The number of aromatic nitrogens is 1. The fourth-order valence-corrected chi connectivity index (χ4v) is 2.79. The van der Waals surface area contributed by atoms with Gasteiger partial charge < -0.3 is 9.29 Å². The first-order chi connectivity index (χ1) is 11.6. The Morgan fingerprint density at radius 1 is 1.25 bits per heavy atom. The van der Waals surface area contributed by atoms with Crippen LogP contribution in [0, 0.1) is 5.82 Å². The Hall–Kier alpha value is -2.35. The van der Waals surface area contributed by atoms with Crippen molar-refractivity contribution in [2.45, 2.75) is 6.54 Å². The molecule has 0 aliphatic rings. The highest BCUT2D eigenvalue weighted by Crippen LogP contribution is 2.32. The van der Waals surface area contributed by atoms with Gasteiger partial charge in [0.25, 0.3) is 0 Å². The van der Waals surface area contributed by atoms with E-state index in [0.717, 1.165) is 5.56 Å². The van der Waals surface area contributed by atoms with Crippen LogP contribution in [0.2, 0.25) is 0 Å². The van der Waals surface area contributed by atoms with Crippen LogP contribution >= 0.6 is 0 Å². The van der Waals surface area contributed by atoms with E-state index < -0.39 is 17.1 Å². The van der Waals surface area contributed by atoms with E-state index in [0.29, 0.717) is 27.8 Å². The molecule has 2 aromatic carbocycles. The Balaban J connectivity index is 2.02. The summed E-state index contributed by atoms with van der Waals surface area (Å²) in [6.45, 7) is 0.188. The molecule has 1 heterocycles. The molecule has 0 fully saturated rings. The molecule has 5 nitrogen and oxygen atoms in total. The summed E-state index contributed by atoms with van der Waals surface area (Å²) in [5.74, 6) is 0.235. The lowest BCUT2D eigenvalue weighted by Gasteiger charge is -2.11. The van der Waals surface area contributed by atoms with Crippen molar-refractivity contribution in [3.8, 4) is 16.9 Å². The zero-order valence-corrected chi connectivity index (χ0v) is 13.6. The topological polar surface area (TPSA) is 74.3 Å². The minimum Gasteiger partial charge on any atom is -0.760 e. The molecule has 0 aliphatic heterocycles. The molecule has 0 amide bonds. The summed E-state index contributed by atoms with van der Waals surface area (Å²) in [5, 5.41) is 0.683. The van der Waals surface area contributed by atoms with Crippen molar-refractivity contribution >= 4 is 22.2 Å². The molecule has 1 unspecified atom stereocenters. The summed E-state index contributed by atoms with van der Waals surface area (Å²) in [7, 11) is 1.56. The van der Waals surface area contributed by atoms with Crippen molar-refractivity contribution in [3.05, 3.63) is 60.0 Å². The summed E-state index contributed by atoms with van der Waals surface area (Å²) >= 11 is -2.31. The van der Waals surface area contributed by atoms with Gasteiger partial charge in [-0.25, -0.2) is 9.11 Å². The lowest BCUT2D eigenvalue weighted by molar-refractivity contribution is 0.415. The maximum atomic E-state index is 14.4. The normalized spacial score (nSPS) is 12.3. The van der Waals surface area contributed by atoms with Crippen molar-refractivity contribution in [3.63, 3.8) is 0 Å². The molecule has 0 saturated heterocycles. The van der Waals surface area contributed by atoms with Crippen LogP contribution < -0.4 is 9.46 Å². The van der Waals surface area contributed by atoms with Crippen molar-refractivity contribution in [2.75, 3.05) is 7.11 Å². The van der Waals surface area contributed by atoms with Crippen LogP contribution in [0.25, 0.3) is 22.0 Å². The average molecular weight is 345 g/mol. The van der Waals surface area contributed by atoms with Crippen molar-refractivity contribution < 1.29 is 17.9 Å². The standard InChI is InChI=1S/C17H15FN2O3S/c1-23-13-6-7-14-16(8-13)19-10-15(18)17(14)12-4-2-11(3-5-12)9-20-24(21)22/h2-8,10,20H,9H2,1H3,(H,21,22)/p-1. The molecule has 7 heteroatoms. The number of rotatable bonds is 5. The number of halogens is 1. The SMILES string of the molecule is COc1ccc2c(-c3ccc(CNS(=O)[O-])cc3)c(F)cnc2c1. The minimum absolute atomic E-state index is 0.188. The van der Waals surface area contributed by atoms with Gasteiger partial charge in [-0.1, -0.05) is 24.3 Å². The fraction of sp³-hybridized carbons (Fsp3) is 0.118. The van der Waals surface area contributed by atoms with E-state index in [1.165, 1.54) is 6.20 Å². The Labute approximate surface area is 140 Å². The van der Waals surface area contributed by atoms with Crippen LogP contribution in [-0.2, 0) is 17.8 Å². The van der Waals surface area contributed by atoms with E-state index >= 15 is 0 Å². The van der Waals surface area contributed by atoms with E-state index in [2.05, 4.69) is 9.71 Å². The molecular formula is C17H14FN2O3S-. The van der Waals surface area contributed by atoms with E-state index in [-0.39, 0.29) is 6.54 Å². The largest absolute Gasteiger partial charge is 0.760 e. The second-order valence-corrected chi connectivity index (χ2v) is 5.88. The smallest absolute Gasteiger partial charge is 0.149 e. The molecule has 0 bridgehead atoms. The quantitative estimate of drug-likeness (QED) is 0.722.